The monoisotopic (exact) mass is 788 g/mol. The number of nitrogens with one attached hydrogen (secondary N) is 1. The molecule has 0 amide bonds. The summed E-state index contributed by atoms with van der Waals surface area (Å²) in [7, 11) is -2.64. The molecule has 0 heterocycles. The lowest BCUT2D eigenvalue weighted by molar-refractivity contribution is -0.161. The third-order valence-corrected chi connectivity index (χ3v) is 10.9. The third kappa shape index (κ3) is 40.4. The SMILES string of the molecule is CCCCCCCC/C=C\CCCCCCCCCC(=O)OCC(COP(=O)(O)OCCNC)OC(=O)CCCCCCCCCCCCCCCCC. The summed E-state index contributed by atoms with van der Waals surface area (Å²) in [5.74, 6) is -0.800. The first-order valence-electron chi connectivity index (χ1n) is 22.6. The lowest BCUT2D eigenvalue weighted by Crippen LogP contribution is -2.29. The van der Waals surface area contributed by atoms with Crippen molar-refractivity contribution in [3.05, 3.63) is 12.2 Å². The zero-order chi connectivity index (χ0) is 39.6. The molecule has 54 heavy (non-hydrogen) atoms. The zero-order valence-electron chi connectivity index (χ0n) is 35.4. The molecule has 0 radical (unpaired) electrons. The smallest absolute Gasteiger partial charge is 0.462 e. The van der Waals surface area contributed by atoms with Gasteiger partial charge in [0.15, 0.2) is 6.10 Å². The number of hydrogen-bond donors (Lipinski definition) is 2. The van der Waals surface area contributed by atoms with Gasteiger partial charge in [-0.25, -0.2) is 4.57 Å². The highest BCUT2D eigenvalue weighted by molar-refractivity contribution is 7.47. The van der Waals surface area contributed by atoms with E-state index in [9.17, 15) is 19.0 Å². The molecule has 320 valence electrons. The van der Waals surface area contributed by atoms with Gasteiger partial charge in [0.25, 0.3) is 0 Å². The molecule has 0 fully saturated rings. The molecule has 0 bridgehead atoms. The van der Waals surface area contributed by atoms with E-state index in [1.54, 1.807) is 7.05 Å². The number of carbonyl (C=O) groups is 2. The van der Waals surface area contributed by atoms with Crippen LogP contribution in [0, 0.1) is 0 Å². The summed E-state index contributed by atoms with van der Waals surface area (Å²) >= 11 is 0. The van der Waals surface area contributed by atoms with E-state index in [1.165, 1.54) is 154 Å². The fourth-order valence-electron chi connectivity index (χ4n) is 6.43. The third-order valence-electron chi connectivity index (χ3n) is 9.89. The average Bonchev–Trinajstić information content (AvgIpc) is 3.15. The highest BCUT2D eigenvalue weighted by Gasteiger charge is 2.26. The number of carbonyl (C=O) groups excluding carboxylic acids is 2. The van der Waals surface area contributed by atoms with Crippen LogP contribution in [0.25, 0.3) is 0 Å². The highest BCUT2D eigenvalue weighted by atomic mass is 31.2. The average molecular weight is 788 g/mol. The second kappa shape index (κ2) is 41.4. The Hall–Kier alpha value is -1.25. The molecule has 0 aromatic carbocycles. The summed E-state index contributed by atoms with van der Waals surface area (Å²) in [6, 6.07) is 0. The van der Waals surface area contributed by atoms with E-state index < -0.39 is 26.5 Å². The van der Waals surface area contributed by atoms with Crippen LogP contribution >= 0.6 is 7.82 Å². The molecule has 0 aromatic heterocycles. The molecule has 2 unspecified atom stereocenters. The first-order valence-corrected chi connectivity index (χ1v) is 24.1. The van der Waals surface area contributed by atoms with E-state index >= 15 is 0 Å². The number of phosphoric acid groups is 1. The number of hydrogen-bond acceptors (Lipinski definition) is 8. The van der Waals surface area contributed by atoms with E-state index in [0.29, 0.717) is 13.0 Å². The predicted molar refractivity (Wildman–Crippen MR) is 225 cm³/mol. The minimum absolute atomic E-state index is 0.0143. The Labute approximate surface area is 332 Å². The van der Waals surface area contributed by atoms with Gasteiger partial charge in [-0.15, -0.1) is 0 Å². The van der Waals surface area contributed by atoms with Gasteiger partial charge in [0.05, 0.1) is 13.2 Å². The molecule has 0 saturated heterocycles. The van der Waals surface area contributed by atoms with Crippen molar-refractivity contribution in [1.29, 1.82) is 0 Å². The minimum atomic E-state index is -4.34. The van der Waals surface area contributed by atoms with Crippen molar-refractivity contribution < 1.29 is 37.6 Å². The van der Waals surface area contributed by atoms with Gasteiger partial charge in [-0.05, 0) is 45.6 Å². The molecule has 0 aliphatic heterocycles. The van der Waals surface area contributed by atoms with Crippen molar-refractivity contribution >= 4 is 19.8 Å². The van der Waals surface area contributed by atoms with Crippen molar-refractivity contribution in [3.8, 4) is 0 Å². The Morgan fingerprint density at radius 1 is 0.556 bits per heavy atom. The van der Waals surface area contributed by atoms with Gasteiger partial charge in [0.2, 0.25) is 0 Å². The molecule has 0 aliphatic rings. The number of esters is 2. The lowest BCUT2D eigenvalue weighted by Gasteiger charge is -2.20. The van der Waals surface area contributed by atoms with Gasteiger partial charge in [-0.1, -0.05) is 180 Å². The number of rotatable bonds is 43. The summed E-state index contributed by atoms with van der Waals surface area (Å²) in [6.07, 6.45) is 41.0. The van der Waals surface area contributed by atoms with Gasteiger partial charge < -0.3 is 19.7 Å². The number of ether oxygens (including phenoxy) is 2. The van der Waals surface area contributed by atoms with Crippen molar-refractivity contribution in [2.24, 2.45) is 0 Å². The summed E-state index contributed by atoms with van der Waals surface area (Å²) < 4.78 is 33.2. The first kappa shape index (κ1) is 52.8. The fourth-order valence-corrected chi connectivity index (χ4v) is 7.18. The summed E-state index contributed by atoms with van der Waals surface area (Å²) in [6.45, 7) is 4.25. The molecule has 0 aliphatic carbocycles. The molecular weight excluding hydrogens is 701 g/mol. The summed E-state index contributed by atoms with van der Waals surface area (Å²) in [4.78, 5) is 35.1. The van der Waals surface area contributed by atoms with E-state index in [2.05, 4.69) is 31.3 Å². The summed E-state index contributed by atoms with van der Waals surface area (Å²) in [5, 5.41) is 2.83. The van der Waals surface area contributed by atoms with Crippen LogP contribution in [0.3, 0.4) is 0 Å². The number of allylic oxidation sites excluding steroid dienone is 2. The molecule has 2 atom stereocenters. The van der Waals surface area contributed by atoms with Crippen molar-refractivity contribution in [3.63, 3.8) is 0 Å². The van der Waals surface area contributed by atoms with Gasteiger partial charge in [0.1, 0.15) is 6.61 Å². The van der Waals surface area contributed by atoms with Crippen molar-refractivity contribution in [1.82, 2.24) is 5.32 Å². The van der Waals surface area contributed by atoms with Crippen LogP contribution in [0.2, 0.25) is 0 Å². The largest absolute Gasteiger partial charge is 0.472 e. The fraction of sp³-hybridized carbons (Fsp3) is 0.909. The molecule has 9 nitrogen and oxygen atoms in total. The Morgan fingerprint density at radius 3 is 1.37 bits per heavy atom. The van der Waals surface area contributed by atoms with Crippen LogP contribution in [0.1, 0.15) is 219 Å². The van der Waals surface area contributed by atoms with Crippen molar-refractivity contribution in [2.45, 2.75) is 225 Å². The first-order chi connectivity index (χ1) is 26.3. The Balaban J connectivity index is 4.17. The van der Waals surface area contributed by atoms with Crippen molar-refractivity contribution in [2.75, 3.05) is 33.4 Å². The minimum Gasteiger partial charge on any atom is -0.462 e. The maximum atomic E-state index is 12.6. The number of likely N-dealkylation sites (N-methyl/N-ethyl adjacent to an activating group) is 1. The molecular formula is C44H86NO8P. The van der Waals surface area contributed by atoms with Gasteiger partial charge in [0, 0.05) is 19.4 Å². The highest BCUT2D eigenvalue weighted by Crippen LogP contribution is 2.43. The van der Waals surface area contributed by atoms with Crippen LogP contribution in [-0.2, 0) is 32.7 Å². The Bertz CT molecular complexity index is 902. The van der Waals surface area contributed by atoms with E-state index in [1.807, 2.05) is 0 Å². The molecule has 10 heteroatoms. The van der Waals surface area contributed by atoms with Crippen LogP contribution in [0.5, 0.6) is 0 Å². The van der Waals surface area contributed by atoms with Crippen LogP contribution in [0.15, 0.2) is 12.2 Å². The molecule has 0 aromatic rings. The topological polar surface area (TPSA) is 120 Å². The van der Waals surface area contributed by atoms with E-state index in [-0.39, 0.29) is 32.0 Å². The number of unbranched alkanes of at least 4 members (excludes halogenated alkanes) is 27. The number of phosphoric ester groups is 1. The van der Waals surface area contributed by atoms with Crippen LogP contribution < -0.4 is 5.32 Å². The zero-order valence-corrected chi connectivity index (χ0v) is 36.3. The molecule has 0 rings (SSSR count). The molecule has 2 N–H and O–H groups in total. The maximum Gasteiger partial charge on any atom is 0.472 e. The predicted octanol–water partition coefficient (Wildman–Crippen LogP) is 12.9. The van der Waals surface area contributed by atoms with Crippen LogP contribution in [-0.4, -0.2) is 56.3 Å². The van der Waals surface area contributed by atoms with E-state index in [4.69, 9.17) is 18.5 Å². The van der Waals surface area contributed by atoms with Gasteiger partial charge >= 0.3 is 19.8 Å². The van der Waals surface area contributed by atoms with E-state index in [0.717, 1.165) is 32.1 Å². The normalized spacial score (nSPS) is 13.3. The lowest BCUT2D eigenvalue weighted by atomic mass is 10.0. The molecule has 0 spiro atoms. The second-order valence-corrected chi connectivity index (χ2v) is 16.7. The Morgan fingerprint density at radius 2 is 0.944 bits per heavy atom. The van der Waals surface area contributed by atoms with Gasteiger partial charge in [-0.3, -0.25) is 18.6 Å². The second-order valence-electron chi connectivity index (χ2n) is 15.2. The maximum absolute atomic E-state index is 12.6. The quantitative estimate of drug-likeness (QED) is 0.0269. The van der Waals surface area contributed by atoms with Crippen LogP contribution in [0.4, 0.5) is 0 Å². The van der Waals surface area contributed by atoms with Gasteiger partial charge in [-0.2, -0.15) is 0 Å². The Kier molecular flexibility index (Phi) is 40.4. The molecule has 0 saturated carbocycles. The summed E-state index contributed by atoms with van der Waals surface area (Å²) in [5.41, 5.74) is 0. The standard InChI is InChI=1S/C44H86NO8P/c1-4-6-8-10-12-14-16-18-20-21-23-24-26-28-30-32-34-36-43(46)50-40-42(41-52-54(48,49)51-39-38-45-3)53-44(47)37-35-33-31-29-27-25-22-19-17-15-13-11-9-7-5-2/h18,20,42,45H,4-17,19,21-41H2,1-3H3,(H,48,49)/b20-18-.